The van der Waals surface area contributed by atoms with Crippen molar-refractivity contribution < 1.29 is 45.1 Å². The highest BCUT2D eigenvalue weighted by Gasteiger charge is 2.31. The second kappa shape index (κ2) is 13.7. The van der Waals surface area contributed by atoms with E-state index in [0.717, 1.165) is 35.9 Å². The van der Waals surface area contributed by atoms with Gasteiger partial charge in [0.25, 0.3) is 11.8 Å². The van der Waals surface area contributed by atoms with Gasteiger partial charge in [0.2, 0.25) is 5.91 Å². The van der Waals surface area contributed by atoms with Gasteiger partial charge in [-0.05, 0) is 29.8 Å². The number of carbonyl (C=O) groups excluding carboxylic acids is 2. The molecule has 2 N–H and O–H groups in total. The van der Waals surface area contributed by atoms with Crippen molar-refractivity contribution in [3.8, 4) is 5.75 Å². The van der Waals surface area contributed by atoms with Gasteiger partial charge < -0.3 is 15.4 Å². The van der Waals surface area contributed by atoms with Crippen molar-refractivity contribution in [2.75, 3.05) is 5.32 Å². The molecule has 0 spiro atoms. The second-order valence-corrected chi connectivity index (χ2v) is 9.73. The largest absolute Gasteiger partial charge is 0.573 e. The molecule has 45 heavy (non-hydrogen) atoms. The van der Waals surface area contributed by atoms with Crippen LogP contribution in [0.1, 0.15) is 40.7 Å². The van der Waals surface area contributed by atoms with E-state index in [1.54, 1.807) is 0 Å². The van der Waals surface area contributed by atoms with Crippen molar-refractivity contribution in [2.24, 2.45) is 0 Å². The fourth-order valence-corrected chi connectivity index (χ4v) is 3.83. The lowest BCUT2D eigenvalue weighted by molar-refractivity contribution is -0.274. The minimum Gasteiger partial charge on any atom is -0.406 e. The number of rotatable bonds is 13. The zero-order valence-electron chi connectivity index (χ0n) is 23.2. The third-order valence-corrected chi connectivity index (χ3v) is 5.96. The number of aryl methyl sites for hydroxylation is 1. The second-order valence-electron chi connectivity index (χ2n) is 9.73. The summed E-state index contributed by atoms with van der Waals surface area (Å²) in [4.78, 5) is 28.3. The summed E-state index contributed by atoms with van der Waals surface area (Å²) in [7, 11) is 0. The number of hydrogen-bond donors (Lipinski definition) is 2. The van der Waals surface area contributed by atoms with E-state index in [0.29, 0.717) is 5.56 Å². The minimum absolute atomic E-state index is 0.00214. The molecule has 240 valence electrons. The summed E-state index contributed by atoms with van der Waals surface area (Å²) < 4.78 is 98.4. The van der Waals surface area contributed by atoms with Gasteiger partial charge in [-0.3, -0.25) is 19.3 Å². The fourth-order valence-electron chi connectivity index (χ4n) is 3.83. The molecule has 0 radical (unpaired) electrons. The number of pyridine rings is 1. The Balaban J connectivity index is 1.21. The first kappa shape index (κ1) is 32.8. The summed E-state index contributed by atoms with van der Waals surface area (Å²) >= 11 is 0. The van der Waals surface area contributed by atoms with Crippen molar-refractivity contribution in [1.29, 1.82) is 0 Å². The van der Waals surface area contributed by atoms with Crippen LogP contribution in [-0.2, 0) is 36.8 Å². The summed E-state index contributed by atoms with van der Waals surface area (Å²) in [6.45, 7) is 0.495. The minimum atomic E-state index is -4.99. The molecule has 0 fully saturated rings. The van der Waals surface area contributed by atoms with Gasteiger partial charge in [0, 0.05) is 38.2 Å². The molecule has 3 heterocycles. The van der Waals surface area contributed by atoms with E-state index < -0.39 is 54.0 Å². The van der Waals surface area contributed by atoms with Crippen molar-refractivity contribution in [3.63, 3.8) is 0 Å². The average molecular weight is 644 g/mol. The molecular weight excluding hydrogens is 619 g/mol. The number of hydrogen-bond acceptors (Lipinski definition) is 8. The lowest BCUT2D eigenvalue weighted by Gasteiger charge is -2.10. The molecule has 0 aliphatic rings. The number of halogens is 7. The summed E-state index contributed by atoms with van der Waals surface area (Å²) in [5, 5.41) is 19.7. The summed E-state index contributed by atoms with van der Waals surface area (Å²) in [5.74, 6) is -6.21. The molecule has 4 aromatic rings. The van der Waals surface area contributed by atoms with Crippen LogP contribution in [0.5, 0.6) is 5.75 Å². The van der Waals surface area contributed by atoms with Gasteiger partial charge in [-0.15, -0.1) is 23.4 Å². The average Bonchev–Trinajstić information content (AvgIpc) is 3.61. The summed E-state index contributed by atoms with van der Waals surface area (Å²) in [6, 6.07) is 4.82. The molecule has 1 atom stereocenters. The fraction of sp³-hybridized carbons (Fsp3) is 0.346. The molecule has 2 amide bonds. The molecule has 0 aliphatic heterocycles. The molecule has 0 bridgehead atoms. The molecular formula is C26H24F7N9O3. The maximum Gasteiger partial charge on any atom is 0.573 e. The first-order valence-electron chi connectivity index (χ1n) is 13.0. The molecule has 1 aromatic carbocycles. The Hall–Kier alpha value is -5.10. The predicted octanol–water partition coefficient (Wildman–Crippen LogP) is 3.95. The van der Waals surface area contributed by atoms with Gasteiger partial charge in [-0.2, -0.15) is 8.78 Å². The smallest absolute Gasteiger partial charge is 0.406 e. The summed E-state index contributed by atoms with van der Waals surface area (Å²) in [5.41, 5.74) is -0.320. The SMILES string of the molecule is CC(F)(F)c1ccc(CNC(=O)c2cn(CCC(F)Cn3cc(NC(=O)Cc4cc(OC(F)(F)F)ccc4F)nn3)nn2)cn1. The molecule has 0 aliphatic carbocycles. The van der Waals surface area contributed by atoms with Gasteiger partial charge in [0.05, 0.1) is 25.4 Å². The maximum atomic E-state index is 14.6. The van der Waals surface area contributed by atoms with E-state index in [1.165, 1.54) is 29.3 Å². The van der Waals surface area contributed by atoms with Gasteiger partial charge in [-0.1, -0.05) is 16.5 Å². The molecule has 3 aromatic heterocycles. The van der Waals surface area contributed by atoms with Gasteiger partial charge in [0.15, 0.2) is 11.5 Å². The van der Waals surface area contributed by atoms with E-state index in [9.17, 15) is 40.3 Å². The zero-order chi connectivity index (χ0) is 32.8. The van der Waals surface area contributed by atoms with E-state index in [-0.39, 0.29) is 43.1 Å². The number of benzene rings is 1. The molecule has 0 saturated carbocycles. The number of nitrogens with one attached hydrogen (secondary N) is 2. The van der Waals surface area contributed by atoms with E-state index in [1.807, 2.05) is 0 Å². The lowest BCUT2D eigenvalue weighted by Crippen LogP contribution is -2.23. The van der Waals surface area contributed by atoms with Crippen LogP contribution in [0.4, 0.5) is 36.6 Å². The number of nitrogens with zero attached hydrogens (tertiary/aromatic N) is 7. The Kier molecular flexibility index (Phi) is 9.98. The number of aromatic nitrogens is 7. The van der Waals surface area contributed by atoms with Gasteiger partial charge in [-0.25, -0.2) is 13.5 Å². The number of anilines is 1. The highest BCUT2D eigenvalue weighted by molar-refractivity contribution is 5.92. The molecule has 19 heteroatoms. The third kappa shape index (κ3) is 9.97. The van der Waals surface area contributed by atoms with E-state index in [4.69, 9.17) is 0 Å². The van der Waals surface area contributed by atoms with Gasteiger partial charge in [0.1, 0.15) is 23.4 Å². The Morgan fingerprint density at radius 3 is 2.47 bits per heavy atom. The van der Waals surface area contributed by atoms with Gasteiger partial charge >= 0.3 is 6.36 Å². The van der Waals surface area contributed by atoms with Crippen molar-refractivity contribution in [3.05, 3.63) is 77.3 Å². The number of carbonyl (C=O) groups is 2. The van der Waals surface area contributed by atoms with Crippen LogP contribution in [0.3, 0.4) is 0 Å². The molecule has 1 unspecified atom stereocenters. The molecule has 0 saturated heterocycles. The predicted molar refractivity (Wildman–Crippen MR) is 140 cm³/mol. The Morgan fingerprint density at radius 2 is 1.78 bits per heavy atom. The normalized spacial score (nSPS) is 12.5. The Morgan fingerprint density at radius 1 is 1.02 bits per heavy atom. The maximum absolute atomic E-state index is 14.6. The van der Waals surface area contributed by atoms with E-state index >= 15 is 0 Å². The quantitative estimate of drug-likeness (QED) is 0.209. The number of ether oxygens (including phenoxy) is 1. The number of alkyl halides is 6. The standard InChI is InChI=1S/C26H24F7N9O3/c1-25(29,30)21-5-2-15(10-34-21)11-35-24(44)20-13-41(39-37-20)7-6-17(27)12-42-14-22(38-40-42)36-23(43)9-16-8-18(3-4-19(16)28)45-26(31,32)33/h2-5,8,10,13-14,17H,6-7,9,11-12H2,1H3,(H,35,44)(H,36,43). The first-order valence-corrected chi connectivity index (χ1v) is 13.0. The van der Waals surface area contributed by atoms with Crippen LogP contribution in [0.15, 0.2) is 48.9 Å². The summed E-state index contributed by atoms with van der Waals surface area (Å²) in [6.07, 6.45) is -3.43. The lowest BCUT2D eigenvalue weighted by atomic mass is 10.1. The van der Waals surface area contributed by atoms with Crippen molar-refractivity contribution in [2.45, 2.75) is 57.9 Å². The van der Waals surface area contributed by atoms with Crippen molar-refractivity contribution >= 4 is 17.6 Å². The Bertz CT molecular complexity index is 1620. The first-order chi connectivity index (χ1) is 21.1. The Labute approximate surface area is 249 Å². The highest BCUT2D eigenvalue weighted by atomic mass is 19.4. The molecule has 4 rings (SSSR count). The zero-order valence-corrected chi connectivity index (χ0v) is 23.2. The van der Waals surface area contributed by atoms with E-state index in [2.05, 4.69) is 41.0 Å². The third-order valence-electron chi connectivity index (χ3n) is 5.96. The van der Waals surface area contributed by atoms with Crippen LogP contribution in [-0.4, -0.2) is 59.3 Å². The number of amides is 2. The molecule has 12 nitrogen and oxygen atoms in total. The highest BCUT2D eigenvalue weighted by Crippen LogP contribution is 2.26. The van der Waals surface area contributed by atoms with Crippen LogP contribution in [0.2, 0.25) is 0 Å². The van der Waals surface area contributed by atoms with Crippen LogP contribution < -0.4 is 15.4 Å². The van der Waals surface area contributed by atoms with Crippen molar-refractivity contribution in [1.82, 2.24) is 40.3 Å². The van der Waals surface area contributed by atoms with Crippen LogP contribution in [0.25, 0.3) is 0 Å². The topological polar surface area (TPSA) is 142 Å². The van der Waals surface area contributed by atoms with Crippen LogP contribution >= 0.6 is 0 Å². The monoisotopic (exact) mass is 643 g/mol. The van der Waals surface area contributed by atoms with Crippen LogP contribution in [0, 0.1) is 5.82 Å².